The third-order valence-electron chi connectivity index (χ3n) is 1.80. The maximum Gasteiger partial charge on any atom is 0.243 e. The zero-order chi connectivity index (χ0) is 12.6. The SMILES string of the molecule is CN1CC(O[Si](C)(C)C)=NC1=N[Si](C)(C)C. The van der Waals surface area contributed by atoms with Gasteiger partial charge in [0.2, 0.25) is 14.3 Å². The zero-order valence-electron chi connectivity index (χ0n) is 11.5. The number of rotatable bonds is 2. The summed E-state index contributed by atoms with van der Waals surface area (Å²) >= 11 is 0. The van der Waals surface area contributed by atoms with Crippen LogP contribution in [0.15, 0.2) is 9.65 Å². The van der Waals surface area contributed by atoms with E-state index in [0.29, 0.717) is 0 Å². The van der Waals surface area contributed by atoms with Crippen LogP contribution in [0.2, 0.25) is 39.3 Å². The van der Waals surface area contributed by atoms with Crippen molar-refractivity contribution >= 4 is 28.4 Å². The largest absolute Gasteiger partial charge is 0.533 e. The minimum atomic E-state index is -1.54. The summed E-state index contributed by atoms with van der Waals surface area (Å²) in [5, 5.41) is 0. The Labute approximate surface area is 101 Å². The fourth-order valence-corrected chi connectivity index (χ4v) is 2.96. The van der Waals surface area contributed by atoms with Gasteiger partial charge in [-0.25, -0.2) is 0 Å². The molecule has 0 bridgehead atoms. The lowest BCUT2D eigenvalue weighted by molar-refractivity contribution is 0.504. The summed E-state index contributed by atoms with van der Waals surface area (Å²) in [5.41, 5.74) is 0. The van der Waals surface area contributed by atoms with Crippen molar-refractivity contribution < 1.29 is 4.43 Å². The van der Waals surface area contributed by atoms with Crippen molar-refractivity contribution in [2.24, 2.45) is 9.65 Å². The Morgan fingerprint density at radius 3 is 2.19 bits per heavy atom. The molecular formula is C10H23N3OSi2. The molecular weight excluding hydrogens is 234 g/mol. The molecule has 0 spiro atoms. The normalized spacial score (nSPS) is 20.3. The average Bonchev–Trinajstić information content (AvgIpc) is 2.23. The molecule has 1 rings (SSSR count). The first kappa shape index (κ1) is 13.4. The average molecular weight is 257 g/mol. The second-order valence-electron chi connectivity index (χ2n) is 6.16. The van der Waals surface area contributed by atoms with Gasteiger partial charge < -0.3 is 9.33 Å². The lowest BCUT2D eigenvalue weighted by Gasteiger charge is -2.19. The van der Waals surface area contributed by atoms with Gasteiger partial charge in [0.1, 0.15) is 0 Å². The van der Waals surface area contributed by atoms with Gasteiger partial charge in [-0.15, -0.1) is 0 Å². The van der Waals surface area contributed by atoms with Gasteiger partial charge in [0.05, 0.1) is 6.54 Å². The van der Waals surface area contributed by atoms with Crippen molar-refractivity contribution in [1.82, 2.24) is 4.90 Å². The van der Waals surface area contributed by atoms with Crippen molar-refractivity contribution in [2.75, 3.05) is 13.6 Å². The van der Waals surface area contributed by atoms with E-state index in [9.17, 15) is 0 Å². The number of aliphatic imine (C=N–C) groups is 1. The molecule has 0 N–H and O–H groups in total. The molecule has 0 aromatic heterocycles. The Kier molecular flexibility index (Phi) is 3.63. The molecule has 1 aliphatic rings. The van der Waals surface area contributed by atoms with Crippen LogP contribution in [-0.2, 0) is 4.43 Å². The first-order chi connectivity index (χ1) is 7.07. The second-order valence-corrected chi connectivity index (χ2v) is 15.2. The molecule has 1 aliphatic heterocycles. The second kappa shape index (κ2) is 4.33. The fraction of sp³-hybridized carbons (Fsp3) is 0.800. The van der Waals surface area contributed by atoms with Crippen LogP contribution in [0.1, 0.15) is 0 Å². The van der Waals surface area contributed by atoms with E-state index in [1.54, 1.807) is 0 Å². The van der Waals surface area contributed by atoms with Crippen LogP contribution in [0, 0.1) is 0 Å². The number of hydrogen-bond acceptors (Lipinski definition) is 2. The number of nitrogens with zero attached hydrogens (tertiary/aromatic N) is 3. The first-order valence-corrected chi connectivity index (χ1v) is 12.5. The molecule has 0 saturated heterocycles. The smallest absolute Gasteiger partial charge is 0.243 e. The minimum Gasteiger partial charge on any atom is -0.533 e. The van der Waals surface area contributed by atoms with Crippen molar-refractivity contribution in [3.05, 3.63) is 0 Å². The van der Waals surface area contributed by atoms with E-state index in [2.05, 4.69) is 49.2 Å². The molecule has 6 heteroatoms. The van der Waals surface area contributed by atoms with E-state index in [-0.39, 0.29) is 0 Å². The summed E-state index contributed by atoms with van der Waals surface area (Å²) in [6, 6.07) is 0. The summed E-state index contributed by atoms with van der Waals surface area (Å²) < 4.78 is 10.6. The van der Waals surface area contributed by atoms with Crippen molar-refractivity contribution in [2.45, 2.75) is 39.3 Å². The molecule has 0 amide bonds. The lowest BCUT2D eigenvalue weighted by atomic mass is 10.6. The Morgan fingerprint density at radius 1 is 1.19 bits per heavy atom. The van der Waals surface area contributed by atoms with E-state index in [1.165, 1.54) is 0 Å². The quantitative estimate of drug-likeness (QED) is 0.712. The monoisotopic (exact) mass is 257 g/mol. The Hall–Kier alpha value is -0.626. The maximum atomic E-state index is 5.90. The fourth-order valence-electron chi connectivity index (χ4n) is 1.32. The topological polar surface area (TPSA) is 37.2 Å². The molecule has 0 unspecified atom stereocenters. The molecule has 16 heavy (non-hydrogen) atoms. The van der Waals surface area contributed by atoms with Crippen LogP contribution in [-0.4, -0.2) is 46.9 Å². The highest BCUT2D eigenvalue weighted by Gasteiger charge is 2.26. The maximum absolute atomic E-state index is 5.90. The third-order valence-corrected chi connectivity index (χ3v) is 3.52. The summed E-state index contributed by atoms with van der Waals surface area (Å²) in [6.45, 7) is 13.9. The van der Waals surface area contributed by atoms with Crippen LogP contribution in [0.25, 0.3) is 0 Å². The molecule has 0 aromatic carbocycles. The standard InChI is InChI=1S/C10H23N3OSi2/c1-13-8-9(14-16(5,6)7)11-10(13)12-15(2,3)4/h8H2,1-7H3. The van der Waals surface area contributed by atoms with Gasteiger partial charge in [-0.3, -0.25) is 4.66 Å². The van der Waals surface area contributed by atoms with Crippen LogP contribution in [0.5, 0.6) is 0 Å². The summed E-state index contributed by atoms with van der Waals surface area (Å²) in [7, 11) is -0.982. The molecule has 1 heterocycles. The molecule has 0 aliphatic carbocycles. The summed E-state index contributed by atoms with van der Waals surface area (Å²) in [6.07, 6.45) is 0. The van der Waals surface area contributed by atoms with E-state index in [0.717, 1.165) is 18.4 Å². The van der Waals surface area contributed by atoms with Gasteiger partial charge in [-0.1, -0.05) is 0 Å². The predicted molar refractivity (Wildman–Crippen MR) is 75.3 cm³/mol. The molecule has 92 valence electrons. The van der Waals surface area contributed by atoms with E-state index < -0.39 is 16.6 Å². The summed E-state index contributed by atoms with van der Waals surface area (Å²) in [4.78, 5) is 6.54. The van der Waals surface area contributed by atoms with Crippen LogP contribution in [0.4, 0.5) is 0 Å². The number of likely N-dealkylation sites (N-methyl/N-ethyl adjacent to an activating group) is 1. The molecule has 0 aromatic rings. The van der Waals surface area contributed by atoms with Gasteiger partial charge in [0.15, 0.2) is 14.1 Å². The molecule has 0 atom stereocenters. The third kappa shape index (κ3) is 4.48. The zero-order valence-corrected chi connectivity index (χ0v) is 13.5. The molecule has 0 saturated carbocycles. The van der Waals surface area contributed by atoms with Crippen LogP contribution >= 0.6 is 0 Å². The van der Waals surface area contributed by atoms with Gasteiger partial charge >= 0.3 is 0 Å². The van der Waals surface area contributed by atoms with Gasteiger partial charge in [-0.2, -0.15) is 4.99 Å². The van der Waals surface area contributed by atoms with E-state index in [4.69, 9.17) is 9.08 Å². The van der Waals surface area contributed by atoms with Crippen LogP contribution in [0.3, 0.4) is 0 Å². The van der Waals surface area contributed by atoms with Gasteiger partial charge in [0, 0.05) is 7.05 Å². The highest BCUT2D eigenvalue weighted by atomic mass is 28.4. The highest BCUT2D eigenvalue weighted by molar-refractivity contribution is 6.75. The Morgan fingerprint density at radius 2 is 1.75 bits per heavy atom. The highest BCUT2D eigenvalue weighted by Crippen LogP contribution is 2.12. The molecule has 4 nitrogen and oxygen atoms in total. The molecule has 0 fully saturated rings. The van der Waals surface area contributed by atoms with Crippen molar-refractivity contribution in [3.63, 3.8) is 0 Å². The van der Waals surface area contributed by atoms with Crippen molar-refractivity contribution in [1.29, 1.82) is 0 Å². The molecule has 0 radical (unpaired) electrons. The number of hydrogen-bond donors (Lipinski definition) is 0. The first-order valence-electron chi connectivity index (χ1n) is 5.64. The van der Waals surface area contributed by atoms with Gasteiger partial charge in [0.25, 0.3) is 0 Å². The minimum absolute atomic E-state index is 0.758. The van der Waals surface area contributed by atoms with E-state index >= 15 is 0 Å². The predicted octanol–water partition coefficient (Wildman–Crippen LogP) is 2.37. The number of guanidine groups is 1. The van der Waals surface area contributed by atoms with Crippen molar-refractivity contribution in [3.8, 4) is 0 Å². The Bertz CT molecular complexity index is 326. The van der Waals surface area contributed by atoms with Crippen LogP contribution < -0.4 is 0 Å². The van der Waals surface area contributed by atoms with E-state index in [1.807, 2.05) is 7.05 Å². The lowest BCUT2D eigenvalue weighted by Crippen LogP contribution is -2.32. The van der Waals surface area contributed by atoms with Gasteiger partial charge in [-0.05, 0) is 39.3 Å². The Balaban J connectivity index is 2.80. The summed E-state index contributed by atoms with van der Waals surface area (Å²) in [5.74, 6) is 1.67.